The highest BCUT2D eigenvalue weighted by atomic mass is 35.5. The summed E-state index contributed by atoms with van der Waals surface area (Å²) in [4.78, 5) is 14.3. The number of rotatable bonds is 5. The van der Waals surface area contributed by atoms with Gasteiger partial charge in [-0.1, -0.05) is 30.2 Å². The summed E-state index contributed by atoms with van der Waals surface area (Å²) in [5, 5.41) is 8.05. The van der Waals surface area contributed by atoms with Gasteiger partial charge in [-0.25, -0.2) is 4.79 Å². The van der Waals surface area contributed by atoms with Crippen molar-refractivity contribution in [2.45, 2.75) is 31.8 Å². The van der Waals surface area contributed by atoms with Gasteiger partial charge >= 0.3 is 6.03 Å². The maximum atomic E-state index is 12.6. The van der Waals surface area contributed by atoms with Gasteiger partial charge in [0.25, 0.3) is 0 Å². The third-order valence-corrected chi connectivity index (χ3v) is 4.91. The van der Waals surface area contributed by atoms with Gasteiger partial charge in [-0.05, 0) is 36.5 Å². The summed E-state index contributed by atoms with van der Waals surface area (Å²) in [6.45, 7) is 0.539. The average Bonchev–Trinajstić information content (AvgIpc) is 2.90. The smallest absolute Gasteiger partial charge is 0.317 e. The van der Waals surface area contributed by atoms with Crippen LogP contribution in [0.15, 0.2) is 36.7 Å². The second-order valence-corrected chi connectivity index (χ2v) is 6.98. The summed E-state index contributed by atoms with van der Waals surface area (Å²) in [5.41, 5.74) is 2.13. The van der Waals surface area contributed by atoms with E-state index in [1.54, 1.807) is 15.8 Å². The molecular formula is C18H23ClN4O. The second-order valence-electron chi connectivity index (χ2n) is 6.55. The van der Waals surface area contributed by atoms with E-state index in [1.807, 2.05) is 44.6 Å². The molecule has 1 aliphatic rings. The van der Waals surface area contributed by atoms with E-state index in [1.165, 1.54) is 6.42 Å². The summed E-state index contributed by atoms with van der Waals surface area (Å²) in [5.74, 6) is 0.502. The highest BCUT2D eigenvalue weighted by Crippen LogP contribution is 2.38. The van der Waals surface area contributed by atoms with Crippen LogP contribution < -0.4 is 5.32 Å². The standard InChI is InChI=1S/C18H23ClN4O/c1-22(11-13-10-20-23(2)12-13)18(24)21-17(14-4-3-5-14)15-6-8-16(19)9-7-15/h6-10,12,14,17H,3-5,11H2,1-2H3,(H,21,24)/t17-/m1/s1. The van der Waals surface area contributed by atoms with Crippen LogP contribution in [0.25, 0.3) is 0 Å². The van der Waals surface area contributed by atoms with Gasteiger partial charge < -0.3 is 10.2 Å². The fourth-order valence-corrected chi connectivity index (χ4v) is 3.19. The predicted molar refractivity (Wildman–Crippen MR) is 94.7 cm³/mol. The van der Waals surface area contributed by atoms with Crippen LogP contribution in [-0.4, -0.2) is 27.8 Å². The number of amides is 2. The van der Waals surface area contributed by atoms with Crippen LogP contribution >= 0.6 is 11.6 Å². The molecular weight excluding hydrogens is 324 g/mol. The SMILES string of the molecule is CN(Cc1cnn(C)c1)C(=O)N[C@@H](c1ccc(Cl)cc1)C1CCC1. The van der Waals surface area contributed by atoms with Crippen molar-refractivity contribution in [2.75, 3.05) is 7.05 Å². The normalized spacial score (nSPS) is 15.6. The summed E-state index contributed by atoms with van der Waals surface area (Å²) < 4.78 is 1.74. The first-order valence-electron chi connectivity index (χ1n) is 8.27. The zero-order valence-corrected chi connectivity index (χ0v) is 14.8. The Morgan fingerprint density at radius 3 is 2.67 bits per heavy atom. The highest BCUT2D eigenvalue weighted by Gasteiger charge is 2.30. The molecule has 1 heterocycles. The number of hydrogen-bond donors (Lipinski definition) is 1. The van der Waals surface area contributed by atoms with E-state index in [0.717, 1.165) is 24.0 Å². The van der Waals surface area contributed by atoms with Crippen molar-refractivity contribution in [3.05, 3.63) is 52.8 Å². The molecule has 0 unspecified atom stereocenters. The molecule has 6 heteroatoms. The average molecular weight is 347 g/mol. The molecule has 128 valence electrons. The van der Waals surface area contributed by atoms with E-state index in [0.29, 0.717) is 17.5 Å². The number of hydrogen-bond acceptors (Lipinski definition) is 2. The van der Waals surface area contributed by atoms with Gasteiger partial charge in [-0.15, -0.1) is 0 Å². The molecule has 3 rings (SSSR count). The van der Waals surface area contributed by atoms with Crippen LogP contribution in [0.1, 0.15) is 36.4 Å². The van der Waals surface area contributed by atoms with Crippen LogP contribution in [0, 0.1) is 5.92 Å². The number of urea groups is 1. The Bertz CT molecular complexity index is 693. The van der Waals surface area contributed by atoms with Crippen LogP contribution in [0.4, 0.5) is 4.79 Å². The van der Waals surface area contributed by atoms with Gasteiger partial charge in [-0.3, -0.25) is 4.68 Å². The first-order chi connectivity index (χ1) is 11.5. The van der Waals surface area contributed by atoms with Gasteiger partial charge in [-0.2, -0.15) is 5.10 Å². The lowest BCUT2D eigenvalue weighted by Crippen LogP contribution is -2.42. The lowest BCUT2D eigenvalue weighted by atomic mass is 9.77. The molecule has 1 saturated carbocycles. The quantitative estimate of drug-likeness (QED) is 0.896. The molecule has 0 saturated heterocycles. The monoisotopic (exact) mass is 346 g/mol. The molecule has 0 spiro atoms. The topological polar surface area (TPSA) is 50.2 Å². The van der Waals surface area contributed by atoms with E-state index in [-0.39, 0.29) is 12.1 Å². The number of aryl methyl sites for hydroxylation is 1. The van der Waals surface area contributed by atoms with Crippen LogP contribution in [0.3, 0.4) is 0 Å². The third kappa shape index (κ3) is 3.90. The molecule has 5 nitrogen and oxygen atoms in total. The third-order valence-electron chi connectivity index (χ3n) is 4.65. The Morgan fingerprint density at radius 1 is 1.42 bits per heavy atom. The first-order valence-corrected chi connectivity index (χ1v) is 8.65. The van der Waals surface area contributed by atoms with Crippen molar-refractivity contribution < 1.29 is 4.79 Å². The zero-order valence-electron chi connectivity index (χ0n) is 14.1. The fourth-order valence-electron chi connectivity index (χ4n) is 3.06. The van der Waals surface area contributed by atoms with Crippen molar-refractivity contribution in [2.24, 2.45) is 13.0 Å². The zero-order chi connectivity index (χ0) is 17.1. The predicted octanol–water partition coefficient (Wildman–Crippen LogP) is 3.76. The van der Waals surface area contributed by atoms with Gasteiger partial charge in [0.15, 0.2) is 0 Å². The van der Waals surface area contributed by atoms with Crippen molar-refractivity contribution in [3.8, 4) is 0 Å². The van der Waals surface area contributed by atoms with E-state index < -0.39 is 0 Å². The number of carbonyl (C=O) groups excluding carboxylic acids is 1. The van der Waals surface area contributed by atoms with Gasteiger partial charge in [0.1, 0.15) is 0 Å². The molecule has 0 radical (unpaired) electrons. The minimum absolute atomic E-state index is 0.0415. The minimum atomic E-state index is -0.0642. The van der Waals surface area contributed by atoms with Crippen LogP contribution in [0.5, 0.6) is 0 Å². The van der Waals surface area contributed by atoms with Crippen molar-refractivity contribution in [1.29, 1.82) is 0 Å². The number of nitrogens with one attached hydrogen (secondary N) is 1. The van der Waals surface area contributed by atoms with Gasteiger partial charge in [0, 0.05) is 30.9 Å². The maximum Gasteiger partial charge on any atom is 0.317 e. The number of aromatic nitrogens is 2. The number of halogens is 1. The molecule has 1 fully saturated rings. The first kappa shape index (κ1) is 16.8. The van der Waals surface area contributed by atoms with Crippen molar-refractivity contribution >= 4 is 17.6 Å². The van der Waals surface area contributed by atoms with E-state index in [2.05, 4.69) is 10.4 Å². The van der Waals surface area contributed by atoms with E-state index >= 15 is 0 Å². The van der Waals surface area contributed by atoms with Crippen LogP contribution in [-0.2, 0) is 13.6 Å². The summed E-state index contributed by atoms with van der Waals surface area (Å²) >= 11 is 5.99. The lowest BCUT2D eigenvalue weighted by molar-refractivity contribution is 0.182. The van der Waals surface area contributed by atoms with Crippen molar-refractivity contribution in [1.82, 2.24) is 20.0 Å². The molecule has 0 aliphatic heterocycles. The molecule has 1 aliphatic carbocycles. The fraction of sp³-hybridized carbons (Fsp3) is 0.444. The summed E-state index contributed by atoms with van der Waals surface area (Å²) in [7, 11) is 3.68. The Hall–Kier alpha value is -2.01. The Balaban J connectivity index is 1.67. The highest BCUT2D eigenvalue weighted by molar-refractivity contribution is 6.30. The van der Waals surface area contributed by atoms with E-state index in [4.69, 9.17) is 11.6 Å². The number of carbonyl (C=O) groups is 1. The number of nitrogens with zero attached hydrogens (tertiary/aromatic N) is 3. The molecule has 1 aromatic heterocycles. The summed E-state index contributed by atoms with van der Waals surface area (Å²) in [6, 6.07) is 7.76. The molecule has 2 amide bonds. The largest absolute Gasteiger partial charge is 0.331 e. The van der Waals surface area contributed by atoms with Crippen molar-refractivity contribution in [3.63, 3.8) is 0 Å². The Labute approximate surface area is 147 Å². The van der Waals surface area contributed by atoms with Gasteiger partial charge in [0.2, 0.25) is 0 Å². The molecule has 0 bridgehead atoms. The Kier molecular flexibility index (Phi) is 5.09. The molecule has 1 atom stereocenters. The van der Waals surface area contributed by atoms with Gasteiger partial charge in [0.05, 0.1) is 18.8 Å². The molecule has 1 N–H and O–H groups in total. The maximum absolute atomic E-state index is 12.6. The minimum Gasteiger partial charge on any atom is -0.331 e. The summed E-state index contributed by atoms with van der Waals surface area (Å²) in [6.07, 6.45) is 7.24. The molecule has 24 heavy (non-hydrogen) atoms. The second kappa shape index (κ2) is 7.26. The van der Waals surface area contributed by atoms with Crippen LogP contribution in [0.2, 0.25) is 5.02 Å². The number of benzene rings is 1. The molecule has 1 aromatic carbocycles. The molecule has 2 aromatic rings. The Morgan fingerprint density at radius 2 is 2.12 bits per heavy atom. The van der Waals surface area contributed by atoms with E-state index in [9.17, 15) is 4.79 Å². The lowest BCUT2D eigenvalue weighted by Gasteiger charge is -2.35.